The predicted octanol–water partition coefficient (Wildman–Crippen LogP) is 0.459. The van der Waals surface area contributed by atoms with Crippen molar-refractivity contribution < 1.29 is 9.90 Å². The topological polar surface area (TPSA) is 79.5 Å². The molecular formula is C12H17N3O2. The van der Waals surface area contributed by atoms with Gasteiger partial charge < -0.3 is 10.8 Å². The highest BCUT2D eigenvalue weighted by Crippen LogP contribution is 2.21. The zero-order valence-corrected chi connectivity index (χ0v) is 9.67. The van der Waals surface area contributed by atoms with Crippen molar-refractivity contribution in [3.05, 3.63) is 30.1 Å². The summed E-state index contributed by atoms with van der Waals surface area (Å²) in [6.07, 6.45) is 4.59. The van der Waals surface area contributed by atoms with E-state index in [0.717, 1.165) is 25.2 Å². The molecule has 0 unspecified atom stereocenters. The molecule has 1 aliphatic heterocycles. The van der Waals surface area contributed by atoms with Gasteiger partial charge in [0.1, 0.15) is 5.54 Å². The van der Waals surface area contributed by atoms with Crippen molar-refractivity contribution in [2.24, 2.45) is 5.73 Å². The first kappa shape index (κ1) is 12.0. The highest BCUT2D eigenvalue weighted by Gasteiger charge is 2.37. The zero-order valence-electron chi connectivity index (χ0n) is 9.67. The molecule has 17 heavy (non-hydrogen) atoms. The molecular weight excluding hydrogens is 218 g/mol. The van der Waals surface area contributed by atoms with Crippen LogP contribution in [-0.4, -0.2) is 39.6 Å². The van der Waals surface area contributed by atoms with Gasteiger partial charge in [-0.2, -0.15) is 0 Å². The van der Waals surface area contributed by atoms with E-state index in [2.05, 4.69) is 9.88 Å². The van der Waals surface area contributed by atoms with E-state index >= 15 is 0 Å². The molecule has 0 radical (unpaired) electrons. The predicted molar refractivity (Wildman–Crippen MR) is 63.3 cm³/mol. The van der Waals surface area contributed by atoms with Crippen molar-refractivity contribution in [3.63, 3.8) is 0 Å². The van der Waals surface area contributed by atoms with Crippen LogP contribution < -0.4 is 5.73 Å². The number of likely N-dealkylation sites (tertiary alicyclic amines) is 1. The summed E-state index contributed by atoms with van der Waals surface area (Å²) >= 11 is 0. The average molecular weight is 235 g/mol. The molecule has 0 saturated carbocycles. The summed E-state index contributed by atoms with van der Waals surface area (Å²) in [5.41, 5.74) is 5.93. The van der Waals surface area contributed by atoms with Gasteiger partial charge in [0, 0.05) is 32.0 Å². The summed E-state index contributed by atoms with van der Waals surface area (Å²) < 4.78 is 0. The maximum absolute atomic E-state index is 11.0. The minimum absolute atomic E-state index is 0.503. The van der Waals surface area contributed by atoms with Gasteiger partial charge in [-0.1, -0.05) is 6.07 Å². The average Bonchev–Trinajstić information content (AvgIpc) is 2.33. The van der Waals surface area contributed by atoms with Crippen LogP contribution in [0.4, 0.5) is 0 Å². The Morgan fingerprint density at radius 3 is 2.76 bits per heavy atom. The second kappa shape index (κ2) is 4.81. The lowest BCUT2D eigenvalue weighted by Crippen LogP contribution is -2.55. The molecule has 3 N–H and O–H groups in total. The number of carboxylic acids is 1. The second-order valence-corrected chi connectivity index (χ2v) is 4.60. The molecule has 0 amide bonds. The molecule has 92 valence electrons. The lowest BCUT2D eigenvalue weighted by molar-refractivity contribution is -0.145. The van der Waals surface area contributed by atoms with E-state index in [-0.39, 0.29) is 0 Å². The van der Waals surface area contributed by atoms with E-state index in [1.165, 1.54) is 0 Å². The minimum Gasteiger partial charge on any atom is -0.480 e. The fourth-order valence-corrected chi connectivity index (χ4v) is 2.07. The van der Waals surface area contributed by atoms with Crippen LogP contribution in [0.3, 0.4) is 0 Å². The first-order valence-electron chi connectivity index (χ1n) is 5.74. The summed E-state index contributed by atoms with van der Waals surface area (Å²) in [5.74, 6) is -0.890. The molecule has 0 aliphatic carbocycles. The lowest BCUT2D eigenvalue weighted by atomic mass is 9.89. The standard InChI is InChI=1S/C12H17N3O2/c13-12(11(16)17)3-6-15(7-4-12)9-10-2-1-5-14-8-10/h1-2,5,8H,3-4,6-7,9,13H2,(H,16,17). The fourth-order valence-electron chi connectivity index (χ4n) is 2.07. The number of hydrogen-bond acceptors (Lipinski definition) is 4. The number of piperidine rings is 1. The number of rotatable bonds is 3. The van der Waals surface area contributed by atoms with Crippen LogP contribution in [-0.2, 0) is 11.3 Å². The Bertz CT molecular complexity index is 386. The van der Waals surface area contributed by atoms with Gasteiger partial charge in [0.2, 0.25) is 0 Å². The summed E-state index contributed by atoms with van der Waals surface area (Å²) in [7, 11) is 0. The van der Waals surface area contributed by atoms with Crippen LogP contribution in [0.25, 0.3) is 0 Å². The van der Waals surface area contributed by atoms with Crippen LogP contribution in [0.2, 0.25) is 0 Å². The van der Waals surface area contributed by atoms with Crippen molar-refractivity contribution in [3.8, 4) is 0 Å². The van der Waals surface area contributed by atoms with Crippen molar-refractivity contribution in [1.29, 1.82) is 0 Å². The third-order valence-corrected chi connectivity index (χ3v) is 3.30. The molecule has 2 heterocycles. The third kappa shape index (κ3) is 2.81. The van der Waals surface area contributed by atoms with Gasteiger partial charge in [0.15, 0.2) is 0 Å². The van der Waals surface area contributed by atoms with E-state index in [9.17, 15) is 4.79 Å². The van der Waals surface area contributed by atoms with Gasteiger partial charge in [-0.25, -0.2) is 0 Å². The normalized spacial score (nSPS) is 20.1. The fraction of sp³-hybridized carbons (Fsp3) is 0.500. The molecule has 1 aliphatic rings. The first-order valence-corrected chi connectivity index (χ1v) is 5.74. The number of nitrogens with two attached hydrogens (primary N) is 1. The summed E-state index contributed by atoms with van der Waals surface area (Å²) in [4.78, 5) is 17.3. The number of carboxylic acid groups (broad SMARTS) is 1. The number of nitrogens with zero attached hydrogens (tertiary/aromatic N) is 2. The van der Waals surface area contributed by atoms with Gasteiger partial charge in [0.25, 0.3) is 0 Å². The molecule has 1 fully saturated rings. The van der Waals surface area contributed by atoms with Crippen molar-refractivity contribution in [2.75, 3.05) is 13.1 Å². The van der Waals surface area contributed by atoms with Gasteiger partial charge in [-0.3, -0.25) is 14.7 Å². The van der Waals surface area contributed by atoms with E-state index in [0.29, 0.717) is 12.8 Å². The van der Waals surface area contributed by atoms with Gasteiger partial charge in [0.05, 0.1) is 0 Å². The van der Waals surface area contributed by atoms with Gasteiger partial charge in [-0.15, -0.1) is 0 Å². The Labute approximate surface area is 100 Å². The van der Waals surface area contributed by atoms with Gasteiger partial charge in [-0.05, 0) is 24.5 Å². The number of aromatic nitrogens is 1. The smallest absolute Gasteiger partial charge is 0.323 e. The van der Waals surface area contributed by atoms with Crippen molar-refractivity contribution >= 4 is 5.97 Å². The van der Waals surface area contributed by atoms with Crippen molar-refractivity contribution in [1.82, 2.24) is 9.88 Å². The van der Waals surface area contributed by atoms with Crippen LogP contribution in [0.5, 0.6) is 0 Å². The molecule has 5 heteroatoms. The molecule has 1 aromatic rings. The van der Waals surface area contributed by atoms with Crippen LogP contribution in [0.1, 0.15) is 18.4 Å². The molecule has 1 aromatic heterocycles. The quantitative estimate of drug-likeness (QED) is 0.795. The number of pyridine rings is 1. The first-order chi connectivity index (χ1) is 8.10. The molecule has 0 bridgehead atoms. The number of carbonyl (C=O) groups is 1. The molecule has 5 nitrogen and oxygen atoms in total. The van der Waals surface area contributed by atoms with Crippen LogP contribution in [0.15, 0.2) is 24.5 Å². The van der Waals surface area contributed by atoms with E-state index in [1.54, 1.807) is 6.20 Å². The number of aliphatic carboxylic acids is 1. The monoisotopic (exact) mass is 235 g/mol. The summed E-state index contributed by atoms with van der Waals surface area (Å²) in [6.45, 7) is 2.25. The van der Waals surface area contributed by atoms with Gasteiger partial charge >= 0.3 is 5.97 Å². The molecule has 2 rings (SSSR count). The Balaban J connectivity index is 1.90. The maximum Gasteiger partial charge on any atom is 0.323 e. The highest BCUT2D eigenvalue weighted by molar-refractivity contribution is 5.78. The second-order valence-electron chi connectivity index (χ2n) is 4.60. The Morgan fingerprint density at radius 2 is 2.24 bits per heavy atom. The third-order valence-electron chi connectivity index (χ3n) is 3.30. The van der Waals surface area contributed by atoms with E-state index in [1.807, 2.05) is 18.3 Å². The molecule has 0 atom stereocenters. The lowest BCUT2D eigenvalue weighted by Gasteiger charge is -2.36. The van der Waals surface area contributed by atoms with Crippen LogP contribution in [0, 0.1) is 0 Å². The summed E-state index contributed by atoms with van der Waals surface area (Å²) in [6, 6.07) is 3.93. The number of hydrogen-bond donors (Lipinski definition) is 2. The largest absolute Gasteiger partial charge is 0.480 e. The minimum atomic E-state index is -1.04. The SMILES string of the molecule is NC1(C(=O)O)CCN(Cc2cccnc2)CC1. The Hall–Kier alpha value is -1.46. The highest BCUT2D eigenvalue weighted by atomic mass is 16.4. The van der Waals surface area contributed by atoms with Crippen molar-refractivity contribution in [2.45, 2.75) is 24.9 Å². The summed E-state index contributed by atoms with van der Waals surface area (Å²) in [5, 5.41) is 9.02. The van der Waals surface area contributed by atoms with Crippen LogP contribution >= 0.6 is 0 Å². The van der Waals surface area contributed by atoms with E-state index in [4.69, 9.17) is 10.8 Å². The molecule has 1 saturated heterocycles. The Kier molecular flexibility index (Phi) is 3.40. The van der Waals surface area contributed by atoms with E-state index < -0.39 is 11.5 Å². The molecule has 0 spiro atoms. The molecule has 0 aromatic carbocycles. The maximum atomic E-state index is 11.0. The Morgan fingerprint density at radius 1 is 1.53 bits per heavy atom. The zero-order chi connectivity index (χ0) is 12.3.